The number of hydrogen-bond donors (Lipinski definition) is 22. The number of aliphatic hydroxyl groups is 20. The van der Waals surface area contributed by atoms with E-state index in [1.54, 1.807) is 0 Å². The zero-order valence-electron chi connectivity index (χ0n) is 47.7. The van der Waals surface area contributed by atoms with Crippen LogP contribution in [0.4, 0.5) is 0 Å². The Balaban J connectivity index is 0.0000115. The molecule has 39 nitrogen and oxygen atoms in total. The average Bonchev–Trinajstić information content (AvgIpc) is 0.847. The fraction of sp³-hybridized carbons (Fsp3) is 0.959. The van der Waals surface area contributed by atoms with Crippen LogP contribution in [0.1, 0.15) is 12.8 Å². The van der Waals surface area contributed by atoms with Crippen LogP contribution in [0.15, 0.2) is 0 Å². The molecular formula is C49H80NaO39S+. The molecule has 14 bridgehead atoms. The molecule has 21 aliphatic heterocycles. The van der Waals surface area contributed by atoms with E-state index in [-0.39, 0.29) is 48.3 Å². The van der Waals surface area contributed by atoms with Gasteiger partial charge in [0.05, 0.1) is 52.7 Å². The van der Waals surface area contributed by atoms with Gasteiger partial charge in [-0.15, -0.1) is 11.8 Å². The van der Waals surface area contributed by atoms with Gasteiger partial charge in [-0.1, -0.05) is 0 Å². The van der Waals surface area contributed by atoms with Gasteiger partial charge < -0.3 is 183 Å². The van der Waals surface area contributed by atoms with Gasteiger partial charge in [-0.05, 0) is 12.2 Å². The van der Waals surface area contributed by atoms with Crippen LogP contribution in [0, 0.1) is 0 Å². The molecule has 0 amide bonds. The fourth-order valence-corrected chi connectivity index (χ4v) is 12.3. The third-order valence-corrected chi connectivity index (χ3v) is 17.6. The first-order chi connectivity index (χ1) is 42.3. The van der Waals surface area contributed by atoms with Crippen molar-refractivity contribution in [2.24, 2.45) is 0 Å². The van der Waals surface area contributed by atoms with E-state index in [4.69, 9.17) is 76.2 Å². The van der Waals surface area contributed by atoms with Crippen LogP contribution < -0.4 is 29.6 Å². The summed E-state index contributed by atoms with van der Waals surface area (Å²) in [6, 6.07) is 0. The fourth-order valence-electron chi connectivity index (χ4n) is 11.4. The average molecular weight is 1350 g/mol. The normalized spacial score (nSPS) is 49.2. The summed E-state index contributed by atoms with van der Waals surface area (Å²) < 4.78 is 86.5. The first-order valence-electron chi connectivity index (χ1n) is 28.3. The third-order valence-electron chi connectivity index (χ3n) is 16.3. The van der Waals surface area contributed by atoms with Gasteiger partial charge in [0, 0.05) is 6.61 Å². The van der Waals surface area contributed by atoms with Crippen molar-refractivity contribution in [2.45, 2.75) is 233 Å². The molecule has 0 radical (unpaired) electrons. The monoisotopic (exact) mass is 1350 g/mol. The Hall–Kier alpha value is -1.11. The third kappa shape index (κ3) is 16.7. The quantitative estimate of drug-likeness (QED) is 0.0504. The Labute approximate surface area is 535 Å². The van der Waals surface area contributed by atoms with Crippen molar-refractivity contribution < 1.29 is 223 Å². The summed E-state index contributed by atoms with van der Waals surface area (Å²) >= 11 is 0.786. The Morgan fingerprint density at radius 3 is 0.744 bits per heavy atom. The smallest absolute Gasteiger partial charge is 0.481 e. The number of aliphatic carboxylic acids is 2. The van der Waals surface area contributed by atoms with E-state index in [2.05, 4.69) is 0 Å². The van der Waals surface area contributed by atoms with E-state index in [1.807, 2.05) is 0 Å². The number of rotatable bonds is 16. The molecular weight excluding hydrogens is 1270 g/mol. The Bertz CT molecular complexity index is 2190. The van der Waals surface area contributed by atoms with Crippen LogP contribution in [0.25, 0.3) is 0 Å². The standard InChI is InChI=1S/C49H80O39S.Na/c50-5-12-35-22(59)29(66)44(76-12)84-37-14(7-52)78-46(31(68)24(37)61)86-39-16(9-54)80-48(33(70)26(39)63)88-41-18(11-74-2-1-3-89-19(42(72)73)4-20(56)57)81-49(34(71)27(41)64)87-40-17(10-55)79-47(32(69)25(40)62)85-38-15(8-53)77-45(30(67)23(38)60)83-36-13(6-51)75-43(82-35)28(65)21(36)58;/h12-19,21-41,43-55,58-71H,1-11H2,(H,56,57)(H,72,73);/q;+1/t12-,13-,14-,15-,16-,17-,18?,19?,21-,22-,23-,24-,25+,26-,27-,28-,29-,30+,31-,32-,33-,34-,35-,36-,37-,38-,39-,40-,41-,43+,44+,45+,46+,47+,48+,49+;/m1./s1. The molecule has 0 aromatic carbocycles. The first kappa shape index (κ1) is 76.3. The molecule has 0 spiro atoms. The summed E-state index contributed by atoms with van der Waals surface area (Å²) in [5.41, 5.74) is 0. The van der Waals surface area contributed by atoms with Crippen molar-refractivity contribution in [1.29, 1.82) is 0 Å². The minimum absolute atomic E-state index is 0. The minimum Gasteiger partial charge on any atom is -0.481 e. The number of carboxylic acids is 2. The summed E-state index contributed by atoms with van der Waals surface area (Å²) in [6.45, 7) is -7.36. The van der Waals surface area contributed by atoms with E-state index in [1.165, 1.54) is 0 Å². The molecule has 2 unspecified atom stereocenters. The summed E-state index contributed by atoms with van der Waals surface area (Å²) in [7, 11) is 0. The second-order valence-corrected chi connectivity index (χ2v) is 23.5. The van der Waals surface area contributed by atoms with E-state index < -0.39 is 285 Å². The number of carboxylic acid groups (broad SMARTS) is 2. The molecule has 0 aliphatic carbocycles. The summed E-state index contributed by atoms with van der Waals surface area (Å²) in [6.07, 6.45) is -72.3. The summed E-state index contributed by atoms with van der Waals surface area (Å²) in [5, 5.41) is 240. The molecule has 0 aromatic rings. The Kier molecular flexibility index (Phi) is 28.7. The van der Waals surface area contributed by atoms with Crippen molar-refractivity contribution in [3.63, 3.8) is 0 Å². The number of aliphatic hydroxyl groups excluding tert-OH is 20. The predicted molar refractivity (Wildman–Crippen MR) is 273 cm³/mol. The molecule has 516 valence electrons. The van der Waals surface area contributed by atoms with Crippen LogP contribution in [-0.4, -0.2) is 403 Å². The summed E-state index contributed by atoms with van der Waals surface area (Å²) in [4.78, 5) is 22.8. The zero-order chi connectivity index (χ0) is 65.0. The topological polar surface area (TPSA) is 618 Å². The molecule has 21 heterocycles. The van der Waals surface area contributed by atoms with Crippen LogP contribution in [0.2, 0.25) is 0 Å². The van der Waals surface area contributed by atoms with Gasteiger partial charge in [0.2, 0.25) is 0 Å². The van der Waals surface area contributed by atoms with Crippen molar-refractivity contribution in [2.75, 3.05) is 58.6 Å². The number of ether oxygens (including phenoxy) is 15. The van der Waals surface area contributed by atoms with Gasteiger partial charge in [-0.25, -0.2) is 0 Å². The predicted octanol–water partition coefficient (Wildman–Crippen LogP) is -17.2. The maximum Gasteiger partial charge on any atom is 1.00 e. The van der Waals surface area contributed by atoms with Crippen molar-refractivity contribution in [3.8, 4) is 0 Å². The van der Waals surface area contributed by atoms with E-state index in [9.17, 15) is 117 Å². The van der Waals surface area contributed by atoms with Gasteiger partial charge >= 0.3 is 41.5 Å². The first-order valence-corrected chi connectivity index (χ1v) is 29.4. The molecule has 21 fully saturated rings. The number of hydrogen-bond acceptors (Lipinski definition) is 38. The Morgan fingerprint density at radius 1 is 0.333 bits per heavy atom. The minimum atomic E-state index is -2.27. The van der Waals surface area contributed by atoms with Crippen molar-refractivity contribution in [1.82, 2.24) is 0 Å². The molecule has 21 rings (SSSR count). The zero-order valence-corrected chi connectivity index (χ0v) is 50.6. The largest absolute Gasteiger partial charge is 1.00 e. The van der Waals surface area contributed by atoms with E-state index in [0.717, 1.165) is 11.8 Å². The van der Waals surface area contributed by atoms with Crippen LogP contribution >= 0.6 is 11.8 Å². The van der Waals surface area contributed by atoms with Gasteiger partial charge in [0.25, 0.3) is 0 Å². The molecule has 22 N–H and O–H groups in total. The molecule has 21 saturated heterocycles. The summed E-state index contributed by atoms with van der Waals surface area (Å²) in [5.74, 6) is -2.72. The molecule has 0 saturated carbocycles. The number of carbonyl (C=O) groups is 2. The number of thioether (sulfide) groups is 1. The van der Waals surface area contributed by atoms with Crippen molar-refractivity contribution in [3.05, 3.63) is 0 Å². The van der Waals surface area contributed by atoms with Crippen molar-refractivity contribution >= 4 is 23.7 Å². The molecule has 0 aromatic heterocycles. The van der Waals surface area contributed by atoms with Gasteiger partial charge in [-0.3, -0.25) is 9.59 Å². The Morgan fingerprint density at radius 2 is 0.544 bits per heavy atom. The molecule has 90 heavy (non-hydrogen) atoms. The van der Waals surface area contributed by atoms with Gasteiger partial charge in [0.1, 0.15) is 176 Å². The van der Waals surface area contributed by atoms with E-state index >= 15 is 0 Å². The SMILES string of the molecule is O=C(O)CC(SCCCOCC1O[C@H]2O[C@H]3[C@@H](O)[C@@H](O)[C@H](O[C@H]4[C@H](O)[C@H](O)[C@H](O[C@H]5[C@H](O)[C@@H](O)[C@H](O[C@H]6[C@H](O)[C@@H](O)[C@H](O[C@H]7[C@H](O)[C@@H](O)[C@H](O[C@H]8[C@H](O)[C@@H](O)[C@H](O[C@H]1[C@H](O)[C@H]2O)O[C@@H]8CO)O[C@@H]7CO)O[C@@H]6CO)O[C@@H]5CO)O[C@@H]4CO)O[C@@H]3CO)C(=O)O.[Na+]. The maximum atomic E-state index is 11.8. The maximum absolute atomic E-state index is 11.8. The van der Waals surface area contributed by atoms with Gasteiger partial charge in [-0.2, -0.15) is 0 Å². The second kappa shape index (κ2) is 33.9. The van der Waals surface area contributed by atoms with Gasteiger partial charge in [0.15, 0.2) is 44.0 Å². The molecule has 36 atom stereocenters. The van der Waals surface area contributed by atoms with Crippen LogP contribution in [0.3, 0.4) is 0 Å². The second-order valence-electron chi connectivity index (χ2n) is 22.2. The van der Waals surface area contributed by atoms with E-state index in [0.29, 0.717) is 0 Å². The molecule has 21 aliphatic rings. The molecule has 41 heteroatoms. The van der Waals surface area contributed by atoms with Crippen LogP contribution in [0.5, 0.6) is 0 Å². The van der Waals surface area contributed by atoms with Crippen LogP contribution in [-0.2, 0) is 80.6 Å².